The summed E-state index contributed by atoms with van der Waals surface area (Å²) >= 11 is 6.34. The number of carbonyl (C=O) groups excluding carboxylic acids is 2. The molecule has 3 aromatic rings. The fourth-order valence-corrected chi connectivity index (χ4v) is 4.18. The lowest BCUT2D eigenvalue weighted by atomic mass is 10.0. The number of hydrogen-bond donors (Lipinski definition) is 3. The minimum atomic E-state index is -0.563. The molecule has 36 heavy (non-hydrogen) atoms. The van der Waals surface area contributed by atoms with Gasteiger partial charge in [-0.3, -0.25) is 9.59 Å². The summed E-state index contributed by atoms with van der Waals surface area (Å²) in [6.07, 6.45) is 0.913. The Labute approximate surface area is 214 Å². The first-order valence-corrected chi connectivity index (χ1v) is 11.9. The largest absolute Gasteiger partial charge is 0.497 e. The normalized spacial score (nSPS) is 14.2. The number of anilines is 1. The number of fused-ring (bicyclic) bond motifs is 1. The van der Waals surface area contributed by atoms with Crippen molar-refractivity contribution in [3.8, 4) is 17.0 Å². The van der Waals surface area contributed by atoms with Crippen LogP contribution in [0.4, 0.5) is 5.95 Å². The fraction of sp³-hybridized carbons (Fsp3) is 0.308. The summed E-state index contributed by atoms with van der Waals surface area (Å²) < 4.78 is 5.25. The van der Waals surface area contributed by atoms with E-state index in [-0.39, 0.29) is 30.9 Å². The molecule has 4 rings (SSSR count). The summed E-state index contributed by atoms with van der Waals surface area (Å²) in [6, 6.07) is 12.7. The number of amides is 2. The van der Waals surface area contributed by atoms with E-state index >= 15 is 0 Å². The van der Waals surface area contributed by atoms with E-state index in [1.807, 2.05) is 43.3 Å². The summed E-state index contributed by atoms with van der Waals surface area (Å²) in [7, 11) is 1.59. The van der Waals surface area contributed by atoms with Crippen LogP contribution in [-0.2, 0) is 11.3 Å². The smallest absolute Gasteiger partial charge is 0.254 e. The lowest BCUT2D eigenvalue weighted by Crippen LogP contribution is -2.38. The average Bonchev–Trinajstić information content (AvgIpc) is 3.17. The summed E-state index contributed by atoms with van der Waals surface area (Å²) in [6.45, 7) is 4.11. The van der Waals surface area contributed by atoms with Crippen molar-refractivity contribution in [2.75, 3.05) is 25.5 Å². The van der Waals surface area contributed by atoms with Crippen molar-refractivity contribution in [2.45, 2.75) is 32.5 Å². The Balaban J connectivity index is 1.45. The SMILES string of the molecule is COc1cccc(C(C)NC(=O)CN2Cc3ccc(-c4nc(NCC(C)O)ncc4Cl)cc3C2=O)c1. The van der Waals surface area contributed by atoms with E-state index in [1.165, 1.54) is 11.1 Å². The minimum Gasteiger partial charge on any atom is -0.497 e. The van der Waals surface area contributed by atoms with Crippen LogP contribution in [-0.4, -0.2) is 58.1 Å². The van der Waals surface area contributed by atoms with Crippen LogP contribution in [0.1, 0.15) is 41.4 Å². The predicted molar refractivity (Wildman–Crippen MR) is 137 cm³/mol. The number of hydrogen-bond acceptors (Lipinski definition) is 7. The van der Waals surface area contributed by atoms with Gasteiger partial charge in [0, 0.05) is 24.2 Å². The Hall–Kier alpha value is -3.69. The first-order valence-electron chi connectivity index (χ1n) is 11.6. The number of ether oxygens (including phenoxy) is 1. The zero-order chi connectivity index (χ0) is 25.8. The second kappa shape index (κ2) is 10.9. The lowest BCUT2D eigenvalue weighted by molar-refractivity contribution is -0.122. The van der Waals surface area contributed by atoms with Crippen LogP contribution in [0.5, 0.6) is 5.75 Å². The Kier molecular flexibility index (Phi) is 7.71. The lowest BCUT2D eigenvalue weighted by Gasteiger charge is -2.19. The summed E-state index contributed by atoms with van der Waals surface area (Å²) in [5, 5.41) is 15.7. The van der Waals surface area contributed by atoms with Gasteiger partial charge in [-0.25, -0.2) is 9.97 Å². The van der Waals surface area contributed by atoms with E-state index in [4.69, 9.17) is 16.3 Å². The standard InChI is InChI=1S/C26H28ClN5O4/c1-15(33)11-28-26-29-12-22(27)24(31-26)18-7-8-19-13-32(25(35)21(19)10-18)14-23(34)30-16(2)17-5-4-6-20(9-17)36-3/h4-10,12,15-16,33H,11,13-14H2,1-3H3,(H,30,34)(H,28,29,31). The van der Waals surface area contributed by atoms with E-state index in [2.05, 4.69) is 20.6 Å². The molecule has 2 amide bonds. The van der Waals surface area contributed by atoms with E-state index in [0.29, 0.717) is 40.1 Å². The molecule has 0 spiro atoms. The van der Waals surface area contributed by atoms with Gasteiger partial charge in [-0.05, 0) is 43.2 Å². The maximum Gasteiger partial charge on any atom is 0.254 e. The number of rotatable bonds is 9. The molecule has 1 aromatic heterocycles. The number of carbonyl (C=O) groups is 2. The molecular formula is C26H28ClN5O4. The highest BCUT2D eigenvalue weighted by Gasteiger charge is 2.30. The first-order chi connectivity index (χ1) is 17.2. The second-order valence-corrected chi connectivity index (χ2v) is 9.13. The Morgan fingerprint density at radius 3 is 2.81 bits per heavy atom. The van der Waals surface area contributed by atoms with Crippen LogP contribution in [0.25, 0.3) is 11.3 Å². The molecule has 0 saturated heterocycles. The van der Waals surface area contributed by atoms with Crippen LogP contribution in [0.3, 0.4) is 0 Å². The molecule has 0 bridgehead atoms. The van der Waals surface area contributed by atoms with Crippen LogP contribution < -0.4 is 15.4 Å². The number of nitrogens with one attached hydrogen (secondary N) is 2. The van der Waals surface area contributed by atoms with Gasteiger partial charge in [0.1, 0.15) is 12.3 Å². The minimum absolute atomic E-state index is 0.0567. The molecular weight excluding hydrogens is 482 g/mol. The van der Waals surface area contributed by atoms with Gasteiger partial charge in [0.15, 0.2) is 0 Å². The third kappa shape index (κ3) is 5.75. The Morgan fingerprint density at radius 1 is 1.25 bits per heavy atom. The summed E-state index contributed by atoms with van der Waals surface area (Å²) in [5.74, 6) is 0.558. The third-order valence-electron chi connectivity index (χ3n) is 5.87. The Morgan fingerprint density at radius 2 is 2.06 bits per heavy atom. The molecule has 2 aromatic carbocycles. The van der Waals surface area contributed by atoms with Gasteiger partial charge in [-0.1, -0.05) is 35.9 Å². The van der Waals surface area contributed by atoms with E-state index in [0.717, 1.165) is 11.1 Å². The molecule has 0 saturated carbocycles. The molecule has 10 heteroatoms. The third-order valence-corrected chi connectivity index (χ3v) is 6.14. The van der Waals surface area contributed by atoms with Gasteiger partial charge in [-0.15, -0.1) is 0 Å². The zero-order valence-electron chi connectivity index (χ0n) is 20.3. The van der Waals surface area contributed by atoms with Crippen LogP contribution in [0.2, 0.25) is 5.02 Å². The van der Waals surface area contributed by atoms with Gasteiger partial charge >= 0.3 is 0 Å². The number of halogens is 1. The zero-order valence-corrected chi connectivity index (χ0v) is 21.0. The molecule has 1 aliphatic rings. The van der Waals surface area contributed by atoms with E-state index < -0.39 is 6.10 Å². The highest BCUT2D eigenvalue weighted by Crippen LogP contribution is 2.31. The quantitative estimate of drug-likeness (QED) is 0.404. The van der Waals surface area contributed by atoms with Crippen molar-refractivity contribution in [1.29, 1.82) is 0 Å². The Bertz CT molecular complexity index is 1280. The number of methoxy groups -OCH3 is 1. The van der Waals surface area contributed by atoms with Crippen LogP contribution in [0, 0.1) is 0 Å². The van der Waals surface area contributed by atoms with Crippen molar-refractivity contribution in [3.63, 3.8) is 0 Å². The van der Waals surface area contributed by atoms with Crippen molar-refractivity contribution >= 4 is 29.4 Å². The monoisotopic (exact) mass is 509 g/mol. The highest BCUT2D eigenvalue weighted by molar-refractivity contribution is 6.33. The number of aliphatic hydroxyl groups excluding tert-OH is 1. The number of aliphatic hydroxyl groups is 1. The van der Waals surface area contributed by atoms with Gasteiger partial charge in [0.25, 0.3) is 5.91 Å². The topological polar surface area (TPSA) is 117 Å². The number of nitrogens with zero attached hydrogens (tertiary/aromatic N) is 3. The maximum absolute atomic E-state index is 13.1. The molecule has 3 N–H and O–H groups in total. The molecule has 188 valence electrons. The molecule has 0 fully saturated rings. The highest BCUT2D eigenvalue weighted by atomic mass is 35.5. The molecule has 0 aliphatic carbocycles. The number of benzene rings is 2. The maximum atomic E-state index is 13.1. The molecule has 2 heterocycles. The average molecular weight is 510 g/mol. The molecule has 9 nitrogen and oxygen atoms in total. The van der Waals surface area contributed by atoms with Crippen molar-refractivity contribution in [2.24, 2.45) is 0 Å². The predicted octanol–water partition coefficient (Wildman–Crippen LogP) is 3.43. The van der Waals surface area contributed by atoms with Gasteiger partial charge in [0.05, 0.1) is 36.2 Å². The second-order valence-electron chi connectivity index (χ2n) is 8.72. The first kappa shape index (κ1) is 25.4. The summed E-state index contributed by atoms with van der Waals surface area (Å²) in [4.78, 5) is 35.9. The van der Waals surface area contributed by atoms with Gasteiger partial charge < -0.3 is 25.4 Å². The fourth-order valence-electron chi connectivity index (χ4n) is 3.98. The van der Waals surface area contributed by atoms with Crippen molar-refractivity contribution in [1.82, 2.24) is 20.2 Å². The molecule has 2 atom stereocenters. The van der Waals surface area contributed by atoms with Gasteiger partial charge in [-0.2, -0.15) is 0 Å². The van der Waals surface area contributed by atoms with E-state index in [9.17, 15) is 14.7 Å². The van der Waals surface area contributed by atoms with Crippen LogP contribution >= 0.6 is 11.6 Å². The number of aromatic nitrogens is 2. The molecule has 2 unspecified atom stereocenters. The van der Waals surface area contributed by atoms with Crippen LogP contribution in [0.15, 0.2) is 48.7 Å². The van der Waals surface area contributed by atoms with Gasteiger partial charge in [0.2, 0.25) is 11.9 Å². The molecule has 1 aliphatic heterocycles. The van der Waals surface area contributed by atoms with Crippen molar-refractivity contribution < 1.29 is 19.4 Å². The van der Waals surface area contributed by atoms with Crippen molar-refractivity contribution in [3.05, 3.63) is 70.4 Å². The molecule has 0 radical (unpaired) electrons. The van der Waals surface area contributed by atoms with E-state index in [1.54, 1.807) is 20.1 Å². The summed E-state index contributed by atoms with van der Waals surface area (Å²) in [5.41, 5.74) is 3.38.